The van der Waals surface area contributed by atoms with Crippen molar-refractivity contribution in [2.45, 2.75) is 50.0 Å². The number of benzene rings is 1. The van der Waals surface area contributed by atoms with Gasteiger partial charge < -0.3 is 4.90 Å². The molecule has 1 fully saturated rings. The van der Waals surface area contributed by atoms with Crippen LogP contribution in [0.3, 0.4) is 0 Å². The third-order valence-corrected chi connectivity index (χ3v) is 4.88. The minimum absolute atomic E-state index is 0.200. The summed E-state index contributed by atoms with van der Waals surface area (Å²) in [7, 11) is 0. The van der Waals surface area contributed by atoms with E-state index in [0.29, 0.717) is 23.1 Å². The first kappa shape index (κ1) is 15.4. The maximum atomic E-state index is 13.5. The number of piperidine rings is 1. The van der Waals surface area contributed by atoms with E-state index in [9.17, 15) is 9.18 Å². The zero-order valence-electron chi connectivity index (χ0n) is 12.0. The van der Waals surface area contributed by atoms with Gasteiger partial charge in [0.15, 0.2) is 0 Å². The smallest absolute Gasteiger partial charge is 0.223 e. The lowest BCUT2D eigenvalue weighted by atomic mass is 10.00. The monoisotopic (exact) mass is 295 g/mol. The van der Waals surface area contributed by atoms with E-state index in [2.05, 4.69) is 6.92 Å². The van der Waals surface area contributed by atoms with Crippen molar-refractivity contribution in [3.63, 3.8) is 0 Å². The summed E-state index contributed by atoms with van der Waals surface area (Å²) in [6, 6.07) is 7.15. The van der Waals surface area contributed by atoms with Crippen molar-refractivity contribution in [1.82, 2.24) is 4.90 Å². The minimum Gasteiger partial charge on any atom is -0.340 e. The van der Waals surface area contributed by atoms with Crippen LogP contribution >= 0.6 is 11.8 Å². The Morgan fingerprint density at radius 2 is 2.20 bits per heavy atom. The van der Waals surface area contributed by atoms with Gasteiger partial charge >= 0.3 is 0 Å². The van der Waals surface area contributed by atoms with E-state index >= 15 is 0 Å². The van der Waals surface area contributed by atoms with Crippen molar-refractivity contribution < 1.29 is 9.18 Å². The average molecular weight is 295 g/mol. The third kappa shape index (κ3) is 3.98. The highest BCUT2D eigenvalue weighted by molar-refractivity contribution is 7.99. The topological polar surface area (TPSA) is 20.3 Å². The SMILES string of the molecule is CCC1CCCCN1C(=O)CCSc1ccccc1F. The fraction of sp³-hybridized carbons (Fsp3) is 0.562. The van der Waals surface area contributed by atoms with E-state index in [1.165, 1.54) is 24.2 Å². The molecule has 1 aliphatic heterocycles. The Morgan fingerprint density at radius 1 is 1.40 bits per heavy atom. The predicted octanol–water partition coefficient (Wildman–Crippen LogP) is 4.10. The highest BCUT2D eigenvalue weighted by atomic mass is 32.2. The van der Waals surface area contributed by atoms with Crippen molar-refractivity contribution in [2.75, 3.05) is 12.3 Å². The van der Waals surface area contributed by atoms with Crippen molar-refractivity contribution in [3.05, 3.63) is 30.1 Å². The number of likely N-dealkylation sites (tertiary alicyclic amines) is 1. The molecule has 1 aliphatic rings. The number of rotatable bonds is 5. The number of carbonyl (C=O) groups is 1. The first-order valence-corrected chi connectivity index (χ1v) is 8.37. The van der Waals surface area contributed by atoms with Gasteiger partial charge in [-0.1, -0.05) is 19.1 Å². The summed E-state index contributed by atoms with van der Waals surface area (Å²) in [5.74, 6) is 0.668. The van der Waals surface area contributed by atoms with Crippen LogP contribution in [-0.4, -0.2) is 29.1 Å². The molecule has 110 valence electrons. The lowest BCUT2D eigenvalue weighted by molar-refractivity contribution is -0.134. The molecule has 0 radical (unpaired) electrons. The standard InChI is InChI=1S/C16H22FNOS/c1-2-13-7-5-6-11-18(13)16(19)10-12-20-15-9-4-3-8-14(15)17/h3-4,8-9,13H,2,5-7,10-12H2,1H3. The van der Waals surface area contributed by atoms with Gasteiger partial charge in [-0.2, -0.15) is 0 Å². The number of hydrogen-bond donors (Lipinski definition) is 0. The molecule has 1 amide bonds. The van der Waals surface area contributed by atoms with Gasteiger partial charge in [-0.25, -0.2) is 4.39 Å². The quantitative estimate of drug-likeness (QED) is 0.762. The zero-order valence-corrected chi connectivity index (χ0v) is 12.8. The predicted molar refractivity (Wildman–Crippen MR) is 81.4 cm³/mol. The Morgan fingerprint density at radius 3 is 2.95 bits per heavy atom. The van der Waals surface area contributed by atoms with E-state index < -0.39 is 0 Å². The molecule has 0 spiro atoms. The summed E-state index contributed by atoms with van der Waals surface area (Å²) in [4.78, 5) is 14.9. The molecule has 0 bridgehead atoms. The van der Waals surface area contributed by atoms with Crippen LogP contribution in [0, 0.1) is 5.82 Å². The van der Waals surface area contributed by atoms with E-state index in [1.807, 2.05) is 11.0 Å². The molecule has 2 nitrogen and oxygen atoms in total. The Balaban J connectivity index is 1.81. The van der Waals surface area contributed by atoms with E-state index in [-0.39, 0.29) is 11.7 Å². The van der Waals surface area contributed by atoms with Crippen LogP contribution in [-0.2, 0) is 4.79 Å². The molecule has 1 atom stereocenters. The molecule has 2 rings (SSSR count). The van der Waals surface area contributed by atoms with E-state index in [0.717, 1.165) is 25.8 Å². The van der Waals surface area contributed by atoms with Crippen LogP contribution in [0.2, 0.25) is 0 Å². The maximum Gasteiger partial charge on any atom is 0.223 e. The first-order valence-electron chi connectivity index (χ1n) is 7.39. The maximum absolute atomic E-state index is 13.5. The minimum atomic E-state index is -0.200. The molecule has 1 aromatic carbocycles. The van der Waals surface area contributed by atoms with Crippen LogP contribution in [0.4, 0.5) is 4.39 Å². The van der Waals surface area contributed by atoms with Gasteiger partial charge in [0, 0.05) is 29.7 Å². The highest BCUT2D eigenvalue weighted by Crippen LogP contribution is 2.24. The van der Waals surface area contributed by atoms with E-state index in [4.69, 9.17) is 0 Å². The van der Waals surface area contributed by atoms with Crippen LogP contribution in [0.1, 0.15) is 39.0 Å². The van der Waals surface area contributed by atoms with Gasteiger partial charge in [0.2, 0.25) is 5.91 Å². The number of amides is 1. The largest absolute Gasteiger partial charge is 0.340 e. The second kappa shape index (κ2) is 7.67. The van der Waals surface area contributed by atoms with Crippen LogP contribution in [0.25, 0.3) is 0 Å². The average Bonchev–Trinajstić information content (AvgIpc) is 2.49. The van der Waals surface area contributed by atoms with Gasteiger partial charge in [0.25, 0.3) is 0 Å². The molecule has 1 saturated heterocycles. The summed E-state index contributed by atoms with van der Waals surface area (Å²) in [5.41, 5.74) is 0. The van der Waals surface area contributed by atoms with Gasteiger partial charge in [0.05, 0.1) is 0 Å². The molecule has 4 heteroatoms. The normalized spacial score (nSPS) is 19.1. The lowest BCUT2D eigenvalue weighted by Crippen LogP contribution is -2.43. The van der Waals surface area contributed by atoms with Crippen LogP contribution < -0.4 is 0 Å². The van der Waals surface area contributed by atoms with Gasteiger partial charge in [-0.15, -0.1) is 11.8 Å². The third-order valence-electron chi connectivity index (χ3n) is 3.83. The van der Waals surface area contributed by atoms with Crippen LogP contribution in [0.5, 0.6) is 0 Å². The molecule has 1 heterocycles. The summed E-state index contributed by atoms with van der Waals surface area (Å²) < 4.78 is 13.5. The Hall–Kier alpha value is -1.03. The lowest BCUT2D eigenvalue weighted by Gasteiger charge is -2.35. The van der Waals surface area contributed by atoms with Crippen LogP contribution in [0.15, 0.2) is 29.2 Å². The number of nitrogens with zero attached hydrogens (tertiary/aromatic N) is 1. The first-order chi connectivity index (χ1) is 9.72. The Kier molecular flexibility index (Phi) is 5.89. The second-order valence-electron chi connectivity index (χ2n) is 5.17. The fourth-order valence-corrected chi connectivity index (χ4v) is 3.58. The molecule has 20 heavy (non-hydrogen) atoms. The van der Waals surface area contributed by atoms with Crippen molar-refractivity contribution in [3.8, 4) is 0 Å². The highest BCUT2D eigenvalue weighted by Gasteiger charge is 2.24. The fourth-order valence-electron chi connectivity index (χ4n) is 2.71. The summed E-state index contributed by atoms with van der Waals surface area (Å²) in [5, 5.41) is 0. The Labute approximate surface area is 124 Å². The molecular formula is C16H22FNOS. The number of thioether (sulfide) groups is 1. The zero-order chi connectivity index (χ0) is 14.4. The van der Waals surface area contributed by atoms with Crippen molar-refractivity contribution >= 4 is 17.7 Å². The number of halogens is 1. The summed E-state index contributed by atoms with van der Waals surface area (Å²) in [6.45, 7) is 3.03. The van der Waals surface area contributed by atoms with Crippen molar-refractivity contribution in [2.24, 2.45) is 0 Å². The second-order valence-corrected chi connectivity index (χ2v) is 6.31. The summed E-state index contributed by atoms with van der Waals surface area (Å²) >= 11 is 1.43. The van der Waals surface area contributed by atoms with Gasteiger partial charge in [-0.05, 0) is 37.8 Å². The molecule has 1 unspecified atom stereocenters. The number of carbonyl (C=O) groups excluding carboxylic acids is 1. The van der Waals surface area contributed by atoms with Gasteiger partial charge in [-0.3, -0.25) is 4.79 Å². The molecule has 0 N–H and O–H groups in total. The molecule has 0 saturated carbocycles. The van der Waals surface area contributed by atoms with E-state index in [1.54, 1.807) is 12.1 Å². The molecule has 0 aromatic heterocycles. The van der Waals surface area contributed by atoms with Gasteiger partial charge in [0.1, 0.15) is 5.82 Å². The van der Waals surface area contributed by atoms with Crippen molar-refractivity contribution in [1.29, 1.82) is 0 Å². The molecular weight excluding hydrogens is 273 g/mol. The molecule has 1 aromatic rings. The summed E-state index contributed by atoms with van der Waals surface area (Å²) in [6.07, 6.45) is 5.00. The molecule has 0 aliphatic carbocycles. The number of hydrogen-bond acceptors (Lipinski definition) is 2. The Bertz CT molecular complexity index is 452.